The fraction of sp³-hybridized carbons (Fsp3) is 0.429. The minimum Gasteiger partial charge on any atom is -0.477 e. The van der Waals surface area contributed by atoms with Gasteiger partial charge in [0.25, 0.3) is 0 Å². The lowest BCUT2D eigenvalue weighted by molar-refractivity contribution is -0.138. The predicted octanol–water partition coefficient (Wildman–Crippen LogP) is 0.207. The van der Waals surface area contributed by atoms with Crippen molar-refractivity contribution in [2.24, 2.45) is 0 Å². The zero-order chi connectivity index (χ0) is 8.43. The Labute approximate surface area is 64.1 Å². The lowest BCUT2D eigenvalue weighted by Gasteiger charge is -2.13. The summed E-state index contributed by atoms with van der Waals surface area (Å²) < 4.78 is 0. The number of amides is 1. The lowest BCUT2D eigenvalue weighted by atomic mass is 10.4. The molecule has 4 heteroatoms. The van der Waals surface area contributed by atoms with Gasteiger partial charge >= 0.3 is 5.97 Å². The summed E-state index contributed by atoms with van der Waals surface area (Å²) in [5, 5.41) is 8.47. The third kappa shape index (κ3) is 1.39. The third-order valence-corrected chi connectivity index (χ3v) is 1.65. The summed E-state index contributed by atoms with van der Waals surface area (Å²) in [4.78, 5) is 22.5. The molecule has 0 aromatic rings. The van der Waals surface area contributed by atoms with Crippen LogP contribution < -0.4 is 0 Å². The number of carbonyl (C=O) groups is 2. The predicted molar refractivity (Wildman–Crippen MR) is 37.7 cm³/mol. The molecular formula is C7H9NO3. The quantitative estimate of drug-likeness (QED) is 0.580. The molecule has 11 heavy (non-hydrogen) atoms. The van der Waals surface area contributed by atoms with Gasteiger partial charge in [0.05, 0.1) is 0 Å². The van der Waals surface area contributed by atoms with E-state index >= 15 is 0 Å². The first-order valence-corrected chi connectivity index (χ1v) is 3.35. The van der Waals surface area contributed by atoms with Crippen LogP contribution in [0.25, 0.3) is 0 Å². The summed E-state index contributed by atoms with van der Waals surface area (Å²) in [5.41, 5.74) is -0.118. The number of hydrogen-bond donors (Lipinski definition) is 1. The van der Waals surface area contributed by atoms with Crippen molar-refractivity contribution in [2.45, 2.75) is 12.8 Å². The van der Waals surface area contributed by atoms with Gasteiger partial charge in [-0.2, -0.15) is 0 Å². The van der Waals surface area contributed by atoms with Gasteiger partial charge < -0.3 is 10.0 Å². The molecule has 1 aliphatic heterocycles. The summed E-state index contributed by atoms with van der Waals surface area (Å²) in [6.45, 7) is 3.78. The van der Waals surface area contributed by atoms with Gasteiger partial charge in [0.1, 0.15) is 5.70 Å². The molecule has 0 spiro atoms. The molecule has 0 aliphatic carbocycles. The lowest BCUT2D eigenvalue weighted by Crippen LogP contribution is -2.27. The van der Waals surface area contributed by atoms with Gasteiger partial charge in [-0.25, -0.2) is 4.79 Å². The highest BCUT2D eigenvalue weighted by atomic mass is 16.4. The molecule has 0 atom stereocenters. The van der Waals surface area contributed by atoms with Crippen LogP contribution in [-0.4, -0.2) is 28.4 Å². The number of nitrogens with zero attached hydrogens (tertiary/aromatic N) is 1. The van der Waals surface area contributed by atoms with Crippen molar-refractivity contribution in [3.63, 3.8) is 0 Å². The van der Waals surface area contributed by atoms with Crippen LogP contribution in [0.4, 0.5) is 0 Å². The van der Waals surface area contributed by atoms with E-state index in [9.17, 15) is 9.59 Å². The van der Waals surface area contributed by atoms with Crippen LogP contribution in [-0.2, 0) is 9.59 Å². The Morgan fingerprint density at radius 2 is 2.27 bits per heavy atom. The summed E-state index contributed by atoms with van der Waals surface area (Å²) >= 11 is 0. The average Bonchev–Trinajstić information content (AvgIpc) is 2.33. The second-order valence-electron chi connectivity index (χ2n) is 2.40. The highest BCUT2D eigenvalue weighted by Crippen LogP contribution is 2.14. The van der Waals surface area contributed by atoms with E-state index in [2.05, 4.69) is 6.58 Å². The van der Waals surface area contributed by atoms with Crippen molar-refractivity contribution in [3.05, 3.63) is 12.3 Å². The zero-order valence-electron chi connectivity index (χ0n) is 6.04. The maximum absolute atomic E-state index is 10.9. The SMILES string of the molecule is C=C(C(=O)O)N1CCCC1=O. The number of likely N-dealkylation sites (tertiary alicyclic amines) is 1. The molecule has 0 aromatic heterocycles. The van der Waals surface area contributed by atoms with Gasteiger partial charge in [-0.15, -0.1) is 0 Å². The second kappa shape index (κ2) is 2.74. The van der Waals surface area contributed by atoms with Crippen molar-refractivity contribution < 1.29 is 14.7 Å². The van der Waals surface area contributed by atoms with E-state index in [1.165, 1.54) is 4.90 Å². The Balaban J connectivity index is 2.67. The maximum Gasteiger partial charge on any atom is 0.351 e. The number of rotatable bonds is 2. The van der Waals surface area contributed by atoms with E-state index in [-0.39, 0.29) is 11.6 Å². The maximum atomic E-state index is 10.9. The monoisotopic (exact) mass is 155 g/mol. The van der Waals surface area contributed by atoms with Gasteiger partial charge in [0.15, 0.2) is 0 Å². The van der Waals surface area contributed by atoms with Crippen LogP contribution >= 0.6 is 0 Å². The Morgan fingerprint density at radius 3 is 2.64 bits per heavy atom. The molecule has 1 aliphatic rings. The Morgan fingerprint density at radius 1 is 1.64 bits per heavy atom. The molecule has 1 fully saturated rings. The van der Waals surface area contributed by atoms with E-state index in [0.717, 1.165) is 6.42 Å². The molecule has 1 amide bonds. The fourth-order valence-electron chi connectivity index (χ4n) is 1.05. The van der Waals surface area contributed by atoms with Crippen molar-refractivity contribution in [1.82, 2.24) is 4.90 Å². The molecule has 0 unspecified atom stereocenters. The molecule has 1 N–H and O–H groups in total. The normalized spacial score (nSPS) is 17.1. The van der Waals surface area contributed by atoms with Crippen LogP contribution in [0.15, 0.2) is 12.3 Å². The van der Waals surface area contributed by atoms with Gasteiger partial charge in [0.2, 0.25) is 5.91 Å². The van der Waals surface area contributed by atoms with Crippen LogP contribution in [0.1, 0.15) is 12.8 Å². The van der Waals surface area contributed by atoms with Crippen molar-refractivity contribution in [3.8, 4) is 0 Å². The Hall–Kier alpha value is -1.32. The third-order valence-electron chi connectivity index (χ3n) is 1.65. The van der Waals surface area contributed by atoms with E-state index in [1.807, 2.05) is 0 Å². The van der Waals surface area contributed by atoms with Crippen LogP contribution in [0, 0.1) is 0 Å². The molecule has 1 rings (SSSR count). The minimum absolute atomic E-state index is 0.118. The van der Waals surface area contributed by atoms with E-state index in [1.54, 1.807) is 0 Å². The highest BCUT2D eigenvalue weighted by molar-refractivity contribution is 5.92. The van der Waals surface area contributed by atoms with Crippen LogP contribution in [0.2, 0.25) is 0 Å². The number of carbonyl (C=O) groups excluding carboxylic acids is 1. The Bertz CT molecular complexity index is 222. The molecule has 4 nitrogen and oxygen atoms in total. The second-order valence-corrected chi connectivity index (χ2v) is 2.40. The Kier molecular flexibility index (Phi) is 1.94. The first-order chi connectivity index (χ1) is 5.13. The zero-order valence-corrected chi connectivity index (χ0v) is 6.04. The number of carboxylic acid groups (broad SMARTS) is 1. The number of hydrogen-bond acceptors (Lipinski definition) is 2. The topological polar surface area (TPSA) is 57.6 Å². The fourth-order valence-corrected chi connectivity index (χ4v) is 1.05. The first-order valence-electron chi connectivity index (χ1n) is 3.35. The van der Waals surface area contributed by atoms with Crippen LogP contribution in [0.3, 0.4) is 0 Å². The molecule has 0 saturated carbocycles. The summed E-state index contributed by atoms with van der Waals surface area (Å²) in [5.74, 6) is -1.27. The van der Waals surface area contributed by atoms with E-state index in [4.69, 9.17) is 5.11 Å². The standard InChI is InChI=1S/C7H9NO3/c1-5(7(10)11)8-4-2-3-6(8)9/h1-4H2,(H,10,11). The van der Waals surface area contributed by atoms with Crippen LogP contribution in [0.5, 0.6) is 0 Å². The highest BCUT2D eigenvalue weighted by Gasteiger charge is 2.25. The summed E-state index contributed by atoms with van der Waals surface area (Å²) in [7, 11) is 0. The van der Waals surface area contributed by atoms with E-state index < -0.39 is 5.97 Å². The first kappa shape index (κ1) is 7.78. The molecule has 1 saturated heterocycles. The number of carboxylic acids is 1. The molecule has 1 heterocycles. The van der Waals surface area contributed by atoms with Gasteiger partial charge in [0, 0.05) is 13.0 Å². The molecule has 60 valence electrons. The molecular weight excluding hydrogens is 146 g/mol. The van der Waals surface area contributed by atoms with Crippen molar-refractivity contribution >= 4 is 11.9 Å². The minimum atomic E-state index is -1.12. The molecule has 0 bridgehead atoms. The van der Waals surface area contributed by atoms with Gasteiger partial charge in [-0.05, 0) is 6.42 Å². The van der Waals surface area contributed by atoms with Crippen molar-refractivity contribution in [2.75, 3.05) is 6.54 Å². The van der Waals surface area contributed by atoms with Gasteiger partial charge in [-0.3, -0.25) is 4.79 Å². The molecule has 0 radical (unpaired) electrons. The molecule has 0 aromatic carbocycles. The van der Waals surface area contributed by atoms with E-state index in [0.29, 0.717) is 13.0 Å². The number of aliphatic carboxylic acids is 1. The average molecular weight is 155 g/mol. The van der Waals surface area contributed by atoms with Crippen molar-refractivity contribution in [1.29, 1.82) is 0 Å². The summed E-state index contributed by atoms with van der Waals surface area (Å²) in [6, 6.07) is 0. The smallest absolute Gasteiger partial charge is 0.351 e. The van der Waals surface area contributed by atoms with Gasteiger partial charge in [-0.1, -0.05) is 6.58 Å². The summed E-state index contributed by atoms with van der Waals surface area (Å²) in [6.07, 6.45) is 1.16. The largest absolute Gasteiger partial charge is 0.477 e.